The standard InChI is InChI=1S/C14H19BrF4N2O2S/c1-12(2,3)24(23)21-13(4,7-9(22)14(17,18)19)11-8(16)5-6-10(15)20-11/h5-6,9,21-22H,7H2,1-4H3/t9-,13-,24+/m0/s1. The van der Waals surface area contributed by atoms with E-state index in [0.717, 1.165) is 6.07 Å². The van der Waals surface area contributed by atoms with E-state index in [4.69, 9.17) is 0 Å². The maximum Gasteiger partial charge on any atom is 0.414 e. The molecule has 0 aliphatic carbocycles. The van der Waals surface area contributed by atoms with Gasteiger partial charge in [0.15, 0.2) is 6.10 Å². The Bertz CT molecular complexity index is 622. The fourth-order valence-electron chi connectivity index (χ4n) is 1.85. The second kappa shape index (κ2) is 7.35. The minimum atomic E-state index is -4.89. The summed E-state index contributed by atoms with van der Waals surface area (Å²) >= 11 is 3.03. The van der Waals surface area contributed by atoms with Crippen LogP contribution < -0.4 is 4.72 Å². The van der Waals surface area contributed by atoms with Gasteiger partial charge in [0.1, 0.15) is 10.4 Å². The number of hydrogen-bond donors (Lipinski definition) is 2. The number of aliphatic hydroxyl groups excluding tert-OH is 1. The molecular formula is C14H19BrF4N2O2S. The van der Waals surface area contributed by atoms with Crippen LogP contribution in [-0.4, -0.2) is 31.3 Å². The average molecular weight is 435 g/mol. The molecular weight excluding hydrogens is 416 g/mol. The van der Waals surface area contributed by atoms with E-state index in [2.05, 4.69) is 25.6 Å². The number of nitrogens with zero attached hydrogens (tertiary/aromatic N) is 1. The van der Waals surface area contributed by atoms with Crippen LogP contribution in [0.15, 0.2) is 16.7 Å². The zero-order valence-corrected chi connectivity index (χ0v) is 15.9. The van der Waals surface area contributed by atoms with E-state index >= 15 is 0 Å². The van der Waals surface area contributed by atoms with Crippen LogP contribution in [0.2, 0.25) is 0 Å². The molecule has 0 saturated heterocycles. The number of aliphatic hydroxyl groups is 1. The molecule has 0 bridgehead atoms. The molecule has 0 aliphatic rings. The van der Waals surface area contributed by atoms with E-state index < -0.39 is 45.8 Å². The van der Waals surface area contributed by atoms with Gasteiger partial charge < -0.3 is 5.11 Å². The molecule has 0 amide bonds. The quantitative estimate of drug-likeness (QED) is 0.549. The summed E-state index contributed by atoms with van der Waals surface area (Å²) < 4.78 is 66.7. The van der Waals surface area contributed by atoms with E-state index in [-0.39, 0.29) is 10.3 Å². The van der Waals surface area contributed by atoms with Gasteiger partial charge in [-0.25, -0.2) is 18.3 Å². The van der Waals surface area contributed by atoms with Gasteiger partial charge in [0.25, 0.3) is 0 Å². The summed E-state index contributed by atoms with van der Waals surface area (Å²) in [6, 6.07) is 2.33. The molecule has 138 valence electrons. The van der Waals surface area contributed by atoms with Crippen molar-refractivity contribution in [1.29, 1.82) is 0 Å². The normalized spacial score (nSPS) is 18.1. The molecule has 1 aromatic heterocycles. The Morgan fingerprint density at radius 3 is 2.29 bits per heavy atom. The molecule has 0 aromatic carbocycles. The van der Waals surface area contributed by atoms with Crippen LogP contribution in [0.3, 0.4) is 0 Å². The van der Waals surface area contributed by atoms with E-state index in [9.17, 15) is 26.9 Å². The molecule has 10 heteroatoms. The lowest BCUT2D eigenvalue weighted by Gasteiger charge is -2.35. The number of aromatic nitrogens is 1. The molecule has 4 nitrogen and oxygen atoms in total. The van der Waals surface area contributed by atoms with Crippen molar-refractivity contribution in [2.75, 3.05) is 0 Å². The number of nitrogens with one attached hydrogen (secondary N) is 1. The van der Waals surface area contributed by atoms with Crippen molar-refractivity contribution in [1.82, 2.24) is 9.71 Å². The minimum Gasteiger partial charge on any atom is -0.384 e. The zero-order chi connectivity index (χ0) is 18.9. The molecule has 0 unspecified atom stereocenters. The fraction of sp³-hybridized carbons (Fsp3) is 0.643. The van der Waals surface area contributed by atoms with Gasteiger partial charge in [-0.1, -0.05) is 0 Å². The SMILES string of the molecule is CC(C)(C)[S@@](=O)N[C@@](C)(C[C@H](O)C(F)(F)F)c1nc(Br)ccc1F. The van der Waals surface area contributed by atoms with E-state index in [0.29, 0.717) is 0 Å². The van der Waals surface area contributed by atoms with E-state index in [1.807, 2.05) is 0 Å². The Balaban J connectivity index is 3.35. The van der Waals surface area contributed by atoms with Crippen LogP contribution in [0, 0.1) is 5.82 Å². The van der Waals surface area contributed by atoms with E-state index in [1.54, 1.807) is 20.8 Å². The second-order valence-electron chi connectivity index (χ2n) is 6.54. The highest BCUT2D eigenvalue weighted by atomic mass is 79.9. The lowest BCUT2D eigenvalue weighted by Crippen LogP contribution is -2.50. The third-order valence-corrected chi connectivity index (χ3v) is 5.38. The molecule has 2 N–H and O–H groups in total. The van der Waals surface area contributed by atoms with Crippen LogP contribution in [-0.2, 0) is 16.5 Å². The number of alkyl halides is 3. The van der Waals surface area contributed by atoms with Gasteiger partial charge in [-0.2, -0.15) is 13.2 Å². The van der Waals surface area contributed by atoms with E-state index in [1.165, 1.54) is 13.0 Å². The maximum absolute atomic E-state index is 14.2. The molecule has 0 aliphatic heterocycles. The Labute approximate surface area is 148 Å². The summed E-state index contributed by atoms with van der Waals surface area (Å²) in [4.78, 5) is 3.88. The Kier molecular flexibility index (Phi) is 6.57. The smallest absolute Gasteiger partial charge is 0.384 e. The maximum atomic E-state index is 14.2. The number of rotatable bonds is 5. The molecule has 0 fully saturated rings. The largest absolute Gasteiger partial charge is 0.414 e. The highest BCUT2D eigenvalue weighted by Gasteiger charge is 2.46. The summed E-state index contributed by atoms with van der Waals surface area (Å²) in [5.41, 5.74) is -2.17. The molecule has 1 aromatic rings. The predicted molar refractivity (Wildman–Crippen MR) is 87.0 cm³/mol. The van der Waals surface area contributed by atoms with Gasteiger partial charge >= 0.3 is 6.18 Å². The van der Waals surface area contributed by atoms with Crippen LogP contribution >= 0.6 is 15.9 Å². The summed E-state index contributed by atoms with van der Waals surface area (Å²) in [6.45, 7) is 6.06. The first kappa shape index (κ1) is 21.5. The van der Waals surface area contributed by atoms with Crippen molar-refractivity contribution < 1.29 is 26.9 Å². The van der Waals surface area contributed by atoms with Crippen molar-refractivity contribution in [2.24, 2.45) is 0 Å². The van der Waals surface area contributed by atoms with Gasteiger partial charge in [-0.15, -0.1) is 0 Å². The summed E-state index contributed by atoms with van der Waals surface area (Å²) in [5, 5.41) is 9.43. The van der Waals surface area contributed by atoms with Crippen molar-refractivity contribution in [3.05, 3.63) is 28.2 Å². The predicted octanol–water partition coefficient (Wildman–Crippen LogP) is 3.56. The average Bonchev–Trinajstić information content (AvgIpc) is 2.39. The number of pyridine rings is 1. The molecule has 0 saturated carbocycles. The Hall–Kier alpha value is -0.580. The molecule has 24 heavy (non-hydrogen) atoms. The summed E-state index contributed by atoms with van der Waals surface area (Å²) in [6.07, 6.45) is -8.57. The van der Waals surface area contributed by atoms with Crippen LogP contribution in [0.5, 0.6) is 0 Å². The first-order valence-electron chi connectivity index (χ1n) is 6.94. The number of hydrogen-bond acceptors (Lipinski definition) is 3. The van der Waals surface area contributed by atoms with Gasteiger partial charge in [-0.05, 0) is 55.8 Å². The third-order valence-electron chi connectivity index (χ3n) is 3.19. The summed E-state index contributed by atoms with van der Waals surface area (Å²) in [5.74, 6) is -0.867. The van der Waals surface area contributed by atoms with Gasteiger partial charge in [0, 0.05) is 6.42 Å². The summed E-state index contributed by atoms with van der Waals surface area (Å²) in [7, 11) is -1.82. The fourth-order valence-corrected chi connectivity index (χ4v) is 3.06. The van der Waals surface area contributed by atoms with Gasteiger partial charge in [-0.3, -0.25) is 0 Å². The lowest BCUT2D eigenvalue weighted by molar-refractivity contribution is -0.209. The molecule has 0 spiro atoms. The van der Waals surface area contributed by atoms with Crippen molar-refractivity contribution >= 4 is 26.9 Å². The Morgan fingerprint density at radius 1 is 1.29 bits per heavy atom. The molecule has 0 radical (unpaired) electrons. The van der Waals surface area contributed by atoms with Crippen molar-refractivity contribution in [3.63, 3.8) is 0 Å². The first-order chi connectivity index (χ1) is 10.7. The number of halogens is 5. The molecule has 1 rings (SSSR count). The van der Waals surface area contributed by atoms with Gasteiger partial charge in [0.05, 0.1) is 27.0 Å². The van der Waals surface area contributed by atoms with Gasteiger partial charge in [0.2, 0.25) is 0 Å². The van der Waals surface area contributed by atoms with Crippen LogP contribution in [0.25, 0.3) is 0 Å². The van der Waals surface area contributed by atoms with Crippen LogP contribution in [0.4, 0.5) is 17.6 Å². The zero-order valence-electron chi connectivity index (χ0n) is 13.5. The first-order valence-corrected chi connectivity index (χ1v) is 8.88. The van der Waals surface area contributed by atoms with Crippen molar-refractivity contribution in [3.8, 4) is 0 Å². The second-order valence-corrected chi connectivity index (χ2v) is 9.32. The molecule has 3 atom stereocenters. The highest BCUT2D eigenvalue weighted by molar-refractivity contribution is 9.10. The molecule has 1 heterocycles. The minimum absolute atomic E-state index is 0.204. The third kappa shape index (κ3) is 5.47. The topological polar surface area (TPSA) is 62.2 Å². The Morgan fingerprint density at radius 2 is 1.83 bits per heavy atom. The van der Waals surface area contributed by atoms with Crippen LogP contribution in [0.1, 0.15) is 39.8 Å². The highest BCUT2D eigenvalue weighted by Crippen LogP contribution is 2.34. The van der Waals surface area contributed by atoms with Crippen molar-refractivity contribution in [2.45, 2.75) is 56.7 Å². The monoisotopic (exact) mass is 434 g/mol. The lowest BCUT2D eigenvalue weighted by atomic mass is 9.90.